The van der Waals surface area contributed by atoms with Gasteiger partial charge in [-0.1, -0.05) is 50.8 Å². The zero-order valence-corrected chi connectivity index (χ0v) is 29.6. The molecule has 1 atom stereocenters. The van der Waals surface area contributed by atoms with Crippen molar-refractivity contribution in [2.24, 2.45) is 0 Å². The van der Waals surface area contributed by atoms with Gasteiger partial charge in [0.2, 0.25) is 0 Å². The number of aromatic nitrogens is 2. The average Bonchev–Trinajstić information content (AvgIpc) is 3.63. The number of fused-ring (bicyclic) bond motifs is 1. The molecule has 4 aromatic carbocycles. The Labute approximate surface area is 300 Å². The number of carbonyl (C=O) groups is 4. The number of ether oxygens (including phenoxy) is 3. The molecular formula is C39H40N4O7S. The second-order valence-corrected chi connectivity index (χ2v) is 12.5. The summed E-state index contributed by atoms with van der Waals surface area (Å²) in [6.45, 7) is 4.21. The summed E-state index contributed by atoms with van der Waals surface area (Å²) in [5.74, 6) is -0.491. The molecule has 1 heterocycles. The minimum atomic E-state index is -0.860. The smallest absolute Gasteiger partial charge is 0.343 e. The number of methoxy groups -OCH3 is 1. The highest BCUT2D eigenvalue weighted by molar-refractivity contribution is 7.00. The molecule has 0 aliphatic rings. The van der Waals surface area contributed by atoms with Crippen molar-refractivity contribution in [3.63, 3.8) is 0 Å². The van der Waals surface area contributed by atoms with Crippen molar-refractivity contribution in [3.8, 4) is 17.2 Å². The molecule has 51 heavy (non-hydrogen) atoms. The maximum absolute atomic E-state index is 13.3. The first-order chi connectivity index (χ1) is 24.7. The minimum Gasteiger partial charge on any atom is -0.494 e. The lowest BCUT2D eigenvalue weighted by Gasteiger charge is -2.18. The lowest BCUT2D eigenvalue weighted by Crippen LogP contribution is -2.41. The van der Waals surface area contributed by atoms with E-state index in [4.69, 9.17) is 14.2 Å². The first kappa shape index (κ1) is 36.7. The van der Waals surface area contributed by atoms with Crippen LogP contribution in [-0.4, -0.2) is 52.1 Å². The van der Waals surface area contributed by atoms with Crippen LogP contribution in [0.2, 0.25) is 0 Å². The first-order valence-electron chi connectivity index (χ1n) is 16.8. The number of nitrogens with one attached hydrogen (secondary N) is 2. The quantitative estimate of drug-likeness (QED) is 0.0571. The van der Waals surface area contributed by atoms with Crippen LogP contribution in [0.5, 0.6) is 17.2 Å². The molecular weight excluding hydrogens is 669 g/mol. The van der Waals surface area contributed by atoms with Gasteiger partial charge in [-0.2, -0.15) is 8.75 Å². The van der Waals surface area contributed by atoms with Gasteiger partial charge in [-0.3, -0.25) is 14.4 Å². The lowest BCUT2D eigenvalue weighted by atomic mass is 10.0. The fourth-order valence-corrected chi connectivity index (χ4v) is 5.91. The number of unbranched alkanes of at least 4 members (excludes halogenated alkanes) is 4. The van der Waals surface area contributed by atoms with E-state index in [2.05, 4.69) is 26.3 Å². The van der Waals surface area contributed by atoms with Gasteiger partial charge in [0.25, 0.3) is 11.8 Å². The van der Waals surface area contributed by atoms with Crippen LogP contribution in [0.4, 0.5) is 5.69 Å². The normalized spacial score (nSPS) is 11.4. The number of amides is 2. The molecule has 0 radical (unpaired) electrons. The molecule has 2 amide bonds. The third-order valence-corrected chi connectivity index (χ3v) is 8.73. The van der Waals surface area contributed by atoms with Crippen molar-refractivity contribution in [1.29, 1.82) is 0 Å². The number of rotatable bonds is 17. The third kappa shape index (κ3) is 9.98. The van der Waals surface area contributed by atoms with Crippen LogP contribution >= 0.6 is 11.7 Å². The monoisotopic (exact) mass is 708 g/mol. The molecule has 0 fully saturated rings. The van der Waals surface area contributed by atoms with Crippen LogP contribution in [-0.2, 0) is 11.2 Å². The predicted octanol–water partition coefficient (Wildman–Crippen LogP) is 7.45. The van der Waals surface area contributed by atoms with Crippen LogP contribution in [0.1, 0.15) is 82.6 Å². The van der Waals surface area contributed by atoms with Gasteiger partial charge in [0.05, 0.1) is 42.6 Å². The predicted molar refractivity (Wildman–Crippen MR) is 196 cm³/mol. The Bertz CT molecular complexity index is 1990. The molecule has 5 rings (SSSR count). The molecule has 5 aromatic rings. The summed E-state index contributed by atoms with van der Waals surface area (Å²) in [5.41, 5.74) is 3.18. The van der Waals surface area contributed by atoms with Gasteiger partial charge in [0, 0.05) is 11.3 Å². The molecule has 0 saturated carbocycles. The second-order valence-electron chi connectivity index (χ2n) is 12.0. The molecule has 264 valence electrons. The van der Waals surface area contributed by atoms with Gasteiger partial charge < -0.3 is 24.8 Å². The van der Waals surface area contributed by atoms with E-state index in [0.29, 0.717) is 51.5 Å². The van der Waals surface area contributed by atoms with Crippen molar-refractivity contribution in [1.82, 2.24) is 14.1 Å². The van der Waals surface area contributed by atoms with Crippen molar-refractivity contribution in [2.45, 2.75) is 58.4 Å². The molecule has 0 saturated heterocycles. The number of benzene rings is 4. The molecule has 0 aliphatic heterocycles. The summed E-state index contributed by atoms with van der Waals surface area (Å²) in [7, 11) is 1.45. The highest BCUT2D eigenvalue weighted by atomic mass is 32.1. The number of esters is 1. The summed E-state index contributed by atoms with van der Waals surface area (Å²) in [5, 5.41) is 5.60. The van der Waals surface area contributed by atoms with Crippen molar-refractivity contribution < 1.29 is 33.4 Å². The van der Waals surface area contributed by atoms with E-state index in [1.54, 1.807) is 78.9 Å². The fourth-order valence-electron chi connectivity index (χ4n) is 5.36. The summed E-state index contributed by atoms with van der Waals surface area (Å²) >= 11 is 1.02. The zero-order chi connectivity index (χ0) is 36.2. The first-order valence-corrected chi connectivity index (χ1v) is 17.5. The van der Waals surface area contributed by atoms with E-state index in [1.165, 1.54) is 39.4 Å². The van der Waals surface area contributed by atoms with Crippen LogP contribution in [0, 0.1) is 0 Å². The van der Waals surface area contributed by atoms with Gasteiger partial charge >= 0.3 is 5.97 Å². The van der Waals surface area contributed by atoms with Crippen LogP contribution in [0.3, 0.4) is 0 Å². The Hall–Kier alpha value is -5.62. The molecule has 12 heteroatoms. The lowest BCUT2D eigenvalue weighted by molar-refractivity contribution is -0.118. The Morgan fingerprint density at radius 2 is 1.59 bits per heavy atom. The van der Waals surface area contributed by atoms with Crippen molar-refractivity contribution in [3.05, 3.63) is 107 Å². The minimum absolute atomic E-state index is 0.161. The van der Waals surface area contributed by atoms with Gasteiger partial charge in [-0.05, 0) is 92.1 Å². The fraction of sp³-hybridized carbons (Fsp3) is 0.282. The van der Waals surface area contributed by atoms with E-state index >= 15 is 0 Å². The maximum atomic E-state index is 13.3. The van der Waals surface area contributed by atoms with Crippen LogP contribution < -0.4 is 24.8 Å². The Kier molecular flexibility index (Phi) is 12.8. The van der Waals surface area contributed by atoms with Gasteiger partial charge in [0.1, 0.15) is 16.8 Å². The summed E-state index contributed by atoms with van der Waals surface area (Å²) < 4.78 is 25.3. The number of hydrogen-bond acceptors (Lipinski definition) is 10. The number of Topliss-reactive ketones (excluding diaryl/α,β-unsaturated/α-hetero) is 1. The maximum Gasteiger partial charge on any atom is 0.343 e. The Balaban J connectivity index is 1.18. The van der Waals surface area contributed by atoms with E-state index < -0.39 is 17.9 Å². The summed E-state index contributed by atoms with van der Waals surface area (Å²) in [4.78, 5) is 51.8. The third-order valence-electron chi connectivity index (χ3n) is 8.19. The Morgan fingerprint density at radius 1 is 0.804 bits per heavy atom. The number of nitrogens with zero attached hydrogens (tertiary/aromatic N) is 2. The largest absolute Gasteiger partial charge is 0.494 e. The van der Waals surface area contributed by atoms with Crippen LogP contribution in [0.15, 0.2) is 84.9 Å². The number of ketones is 1. The van der Waals surface area contributed by atoms with Crippen molar-refractivity contribution >= 4 is 52.0 Å². The molecule has 2 N–H and O–H groups in total. The zero-order valence-electron chi connectivity index (χ0n) is 28.8. The average molecular weight is 709 g/mol. The van der Waals surface area contributed by atoms with Crippen molar-refractivity contribution in [2.75, 3.05) is 19.0 Å². The standard InChI is InChI=1S/C39H40N4O7S/c1-4-5-6-7-8-21-49-30-18-16-27(17-19-30)39(47)50-34-20-15-26(23-35(34)48-3)22-33(25(2)44)41-37(45)28-11-9-12-29(24-28)40-38(46)31-13-10-14-32-36(31)43-51-42-32/h9-20,23-24,33H,4-8,21-22H2,1-3H3,(H,40,46)(H,41,45). The summed E-state index contributed by atoms with van der Waals surface area (Å²) in [6, 6.07) is 22.5. The summed E-state index contributed by atoms with van der Waals surface area (Å²) in [6.07, 6.45) is 5.91. The van der Waals surface area contributed by atoms with E-state index in [1.807, 2.05) is 0 Å². The van der Waals surface area contributed by atoms with E-state index in [9.17, 15) is 19.2 Å². The SMILES string of the molecule is CCCCCCCOc1ccc(C(=O)Oc2ccc(CC(NC(=O)c3cccc(NC(=O)c4cccc5nsnc45)c3)C(C)=O)cc2OC)cc1. The molecule has 11 nitrogen and oxygen atoms in total. The molecule has 0 spiro atoms. The van der Waals surface area contributed by atoms with Crippen LogP contribution in [0.25, 0.3) is 11.0 Å². The van der Waals surface area contributed by atoms with Gasteiger partial charge in [0.15, 0.2) is 17.3 Å². The molecule has 1 unspecified atom stereocenters. The van der Waals surface area contributed by atoms with Gasteiger partial charge in [-0.15, -0.1) is 0 Å². The molecule has 1 aromatic heterocycles. The second kappa shape index (κ2) is 17.9. The van der Waals surface area contributed by atoms with Gasteiger partial charge in [-0.25, -0.2) is 4.79 Å². The topological polar surface area (TPSA) is 146 Å². The number of hydrogen-bond donors (Lipinski definition) is 2. The highest BCUT2D eigenvalue weighted by Crippen LogP contribution is 2.30. The molecule has 0 bridgehead atoms. The highest BCUT2D eigenvalue weighted by Gasteiger charge is 2.21. The Morgan fingerprint density at radius 3 is 2.35 bits per heavy atom. The number of carbonyl (C=O) groups excluding carboxylic acids is 4. The van der Waals surface area contributed by atoms with E-state index in [-0.39, 0.29) is 29.4 Å². The number of anilines is 1. The van der Waals surface area contributed by atoms with E-state index in [0.717, 1.165) is 24.6 Å². The molecule has 0 aliphatic carbocycles.